The minimum Gasteiger partial charge on any atom is -0.369 e. The molecule has 2 aliphatic heterocycles. The van der Waals surface area contributed by atoms with Crippen molar-refractivity contribution < 1.29 is 22.8 Å². The van der Waals surface area contributed by atoms with E-state index in [-0.39, 0.29) is 35.7 Å². The molecule has 7 nitrogen and oxygen atoms in total. The van der Waals surface area contributed by atoms with Crippen molar-refractivity contribution in [3.05, 3.63) is 47.0 Å². The van der Waals surface area contributed by atoms with E-state index >= 15 is 0 Å². The highest BCUT2D eigenvalue weighted by atomic mass is 32.2. The molecule has 0 bridgehead atoms. The fourth-order valence-corrected chi connectivity index (χ4v) is 12.1. The first-order valence-corrected chi connectivity index (χ1v) is 19.1. The molecule has 1 N–H and O–H groups in total. The lowest BCUT2D eigenvalue weighted by atomic mass is 9.52. The Morgan fingerprint density at radius 3 is 2.59 bits per heavy atom. The molecule has 7 rings (SSSR count). The lowest BCUT2D eigenvalue weighted by Gasteiger charge is -2.54. The molecule has 2 heterocycles. The first-order valence-electron chi connectivity index (χ1n) is 17.2. The number of sulfonamides is 1. The Morgan fingerprint density at radius 1 is 1.07 bits per heavy atom. The van der Waals surface area contributed by atoms with Gasteiger partial charge < -0.3 is 9.57 Å². The third-order valence-electron chi connectivity index (χ3n) is 13.3. The predicted octanol–water partition coefficient (Wildman–Crippen LogP) is 6.51. The van der Waals surface area contributed by atoms with E-state index in [1.54, 1.807) is 11.1 Å². The standard InChI is InChI=1S/C36H52N2O5S/c1-22-17-32-33(38(21-22)43-34(39)25-9-7-6-8-10-25)24(3)36(42-32)16-14-28-29-12-11-26-18-27(37-44(5,40)41)13-15-35(26,4)31(29)19-30(28)23(2)20-36/h6-10,22,24,26-29,31-33,37H,11-21H2,1-5H3/t22-,24+,26+,27+,28?,29-,31?,32+,33?,35-,36-/m0/s1. The maximum Gasteiger partial charge on any atom is 0.357 e. The average molecular weight is 625 g/mol. The number of ether oxygens (including phenoxy) is 1. The maximum atomic E-state index is 13.1. The first kappa shape index (κ1) is 30.9. The van der Waals surface area contributed by atoms with Crippen LogP contribution in [0.1, 0.15) is 102 Å². The Labute approximate surface area is 264 Å². The van der Waals surface area contributed by atoms with Crippen LogP contribution in [0.2, 0.25) is 0 Å². The van der Waals surface area contributed by atoms with E-state index < -0.39 is 10.0 Å². The summed E-state index contributed by atoms with van der Waals surface area (Å²) in [7, 11) is -3.17. The van der Waals surface area contributed by atoms with Crippen LogP contribution < -0.4 is 4.72 Å². The lowest BCUT2D eigenvalue weighted by Crippen LogP contribution is -2.52. The number of nitrogens with one attached hydrogen (secondary N) is 1. The van der Waals surface area contributed by atoms with E-state index in [1.807, 2.05) is 35.4 Å². The normalized spacial score (nSPS) is 44.0. The number of nitrogens with zero attached hydrogens (tertiary/aromatic N) is 1. The van der Waals surface area contributed by atoms with Crippen molar-refractivity contribution in [1.82, 2.24) is 9.79 Å². The molecule has 1 aromatic carbocycles. The van der Waals surface area contributed by atoms with Gasteiger partial charge in [0.2, 0.25) is 10.0 Å². The molecular formula is C36H52N2O5S. The molecule has 1 spiro atoms. The number of hydroxylamine groups is 2. The molecule has 8 heteroatoms. The zero-order chi connectivity index (χ0) is 31.0. The quantitative estimate of drug-likeness (QED) is 0.385. The molecule has 44 heavy (non-hydrogen) atoms. The first-order chi connectivity index (χ1) is 20.9. The Bertz CT molecular complexity index is 1410. The van der Waals surface area contributed by atoms with E-state index in [9.17, 15) is 13.2 Å². The molecule has 4 aliphatic carbocycles. The Balaban J connectivity index is 1.10. The second-order valence-electron chi connectivity index (χ2n) is 15.9. The van der Waals surface area contributed by atoms with Crippen molar-refractivity contribution in [2.24, 2.45) is 40.9 Å². The molecular weight excluding hydrogens is 572 g/mol. The lowest BCUT2D eigenvalue weighted by molar-refractivity contribution is -0.182. The van der Waals surface area contributed by atoms with Gasteiger partial charge in [0.15, 0.2) is 0 Å². The highest BCUT2D eigenvalue weighted by Crippen LogP contribution is 2.65. The summed E-state index contributed by atoms with van der Waals surface area (Å²) < 4.78 is 34.0. The fourth-order valence-electron chi connectivity index (χ4n) is 11.2. The molecule has 242 valence electrons. The topological polar surface area (TPSA) is 84.9 Å². The number of fused-ring (bicyclic) bond motifs is 6. The second-order valence-corrected chi connectivity index (χ2v) is 17.7. The molecule has 0 amide bonds. The molecule has 3 unspecified atom stereocenters. The van der Waals surface area contributed by atoms with Crippen LogP contribution in [0.5, 0.6) is 0 Å². The van der Waals surface area contributed by atoms with Gasteiger partial charge in [-0.05, 0) is 118 Å². The molecule has 5 fully saturated rings. The van der Waals surface area contributed by atoms with Gasteiger partial charge in [-0.2, -0.15) is 0 Å². The zero-order valence-electron chi connectivity index (χ0n) is 27.3. The average Bonchev–Trinajstić information content (AvgIpc) is 3.43. The Hall–Kier alpha value is -1.74. The minimum absolute atomic E-state index is 0.0749. The van der Waals surface area contributed by atoms with E-state index in [4.69, 9.17) is 9.57 Å². The number of hydrogen-bond donors (Lipinski definition) is 1. The number of piperidine rings is 1. The van der Waals surface area contributed by atoms with E-state index in [0.717, 1.165) is 51.0 Å². The van der Waals surface area contributed by atoms with Crippen LogP contribution in [-0.4, -0.2) is 56.0 Å². The van der Waals surface area contributed by atoms with Crippen molar-refractivity contribution in [2.75, 3.05) is 12.8 Å². The summed E-state index contributed by atoms with van der Waals surface area (Å²) in [6.45, 7) is 10.3. The van der Waals surface area contributed by atoms with Gasteiger partial charge in [-0.25, -0.2) is 17.9 Å². The van der Waals surface area contributed by atoms with Gasteiger partial charge in [-0.1, -0.05) is 50.1 Å². The summed E-state index contributed by atoms with van der Waals surface area (Å²) in [5, 5.41) is 1.98. The summed E-state index contributed by atoms with van der Waals surface area (Å²) >= 11 is 0. The third-order valence-corrected chi connectivity index (χ3v) is 14.1. The monoisotopic (exact) mass is 624 g/mol. The number of hydrogen-bond acceptors (Lipinski definition) is 6. The summed E-state index contributed by atoms with van der Waals surface area (Å²) in [5.41, 5.74) is 3.91. The molecule has 2 saturated heterocycles. The van der Waals surface area contributed by atoms with Crippen LogP contribution in [0.4, 0.5) is 0 Å². The summed E-state index contributed by atoms with van der Waals surface area (Å²) in [4.78, 5) is 19.2. The maximum absolute atomic E-state index is 13.1. The number of allylic oxidation sites excluding steroid dienone is 1. The number of rotatable bonds is 4. The number of carbonyl (C=O) groups excluding carboxylic acids is 1. The second kappa shape index (κ2) is 11.2. The van der Waals surface area contributed by atoms with Crippen LogP contribution in [0, 0.1) is 40.9 Å². The van der Waals surface area contributed by atoms with Gasteiger partial charge in [0.1, 0.15) is 0 Å². The van der Waals surface area contributed by atoms with E-state index in [0.29, 0.717) is 34.7 Å². The van der Waals surface area contributed by atoms with Crippen LogP contribution in [0.25, 0.3) is 0 Å². The highest BCUT2D eigenvalue weighted by Gasteiger charge is 2.61. The smallest absolute Gasteiger partial charge is 0.357 e. The van der Waals surface area contributed by atoms with Gasteiger partial charge in [0.25, 0.3) is 0 Å². The van der Waals surface area contributed by atoms with Crippen molar-refractivity contribution >= 4 is 16.0 Å². The summed E-state index contributed by atoms with van der Waals surface area (Å²) in [6.07, 6.45) is 12.3. The van der Waals surface area contributed by atoms with Crippen LogP contribution in [-0.2, 0) is 19.6 Å². The van der Waals surface area contributed by atoms with E-state index in [1.165, 1.54) is 31.9 Å². The molecule has 1 aromatic rings. The van der Waals surface area contributed by atoms with Gasteiger partial charge in [-0.15, -0.1) is 5.06 Å². The molecule has 0 radical (unpaired) electrons. The third kappa shape index (κ3) is 5.29. The van der Waals surface area contributed by atoms with E-state index in [2.05, 4.69) is 32.4 Å². The summed E-state index contributed by atoms with van der Waals surface area (Å²) in [5.74, 6) is 3.02. The number of benzene rings is 1. The largest absolute Gasteiger partial charge is 0.369 e. The Kier molecular flexibility index (Phi) is 7.87. The molecule has 0 aromatic heterocycles. The van der Waals surface area contributed by atoms with Crippen molar-refractivity contribution in [2.45, 2.75) is 116 Å². The predicted molar refractivity (Wildman–Crippen MR) is 171 cm³/mol. The van der Waals surface area contributed by atoms with Gasteiger partial charge in [0, 0.05) is 18.5 Å². The van der Waals surface area contributed by atoms with Crippen LogP contribution in [0.3, 0.4) is 0 Å². The van der Waals surface area contributed by atoms with Gasteiger partial charge >= 0.3 is 5.97 Å². The van der Waals surface area contributed by atoms with Crippen LogP contribution >= 0.6 is 0 Å². The van der Waals surface area contributed by atoms with Gasteiger partial charge in [-0.3, -0.25) is 0 Å². The zero-order valence-corrected chi connectivity index (χ0v) is 28.1. The Morgan fingerprint density at radius 2 is 1.84 bits per heavy atom. The van der Waals surface area contributed by atoms with Crippen molar-refractivity contribution in [1.29, 1.82) is 0 Å². The van der Waals surface area contributed by atoms with Gasteiger partial charge in [0.05, 0.1) is 29.6 Å². The molecule has 3 saturated carbocycles. The van der Waals surface area contributed by atoms with Crippen molar-refractivity contribution in [3.63, 3.8) is 0 Å². The minimum atomic E-state index is -3.17. The molecule has 11 atom stereocenters. The SMILES string of the molecule is CC1=C2CC3[C@@H](CC[C@@H]4C[C@H](NS(C)(=O)=O)CC[C@]34C)C2CC[C@@]2(C1)O[C@@H]1C[C@H](C)CN(OC(=O)c3ccccc3)C1[C@H]2C. The highest BCUT2D eigenvalue weighted by molar-refractivity contribution is 7.88. The van der Waals surface area contributed by atoms with Crippen LogP contribution in [0.15, 0.2) is 41.5 Å². The van der Waals surface area contributed by atoms with Crippen molar-refractivity contribution in [3.8, 4) is 0 Å². The fraction of sp³-hybridized carbons (Fsp3) is 0.750. The molecule has 6 aliphatic rings. The summed E-state index contributed by atoms with van der Waals surface area (Å²) in [6, 6.07) is 9.49. The number of carbonyl (C=O) groups is 1.